The fourth-order valence-corrected chi connectivity index (χ4v) is 6.01. The Morgan fingerprint density at radius 3 is 2.78 bits per heavy atom. The maximum atomic E-state index is 12.8. The van der Waals surface area contributed by atoms with E-state index < -0.39 is 5.50 Å². The van der Waals surface area contributed by atoms with Crippen LogP contribution in [0.2, 0.25) is 0 Å². The number of nitrogens with zero attached hydrogens (tertiary/aromatic N) is 1. The molecule has 0 aliphatic carbocycles. The molecule has 7 nitrogen and oxygen atoms in total. The highest BCUT2D eigenvalue weighted by Gasteiger charge is 2.48. The number of amides is 2. The maximum Gasteiger partial charge on any atom is 0.238 e. The molecule has 0 aromatic heterocycles. The highest BCUT2D eigenvalue weighted by molar-refractivity contribution is 8.24. The van der Waals surface area contributed by atoms with Crippen molar-refractivity contribution in [1.82, 2.24) is 10.6 Å². The number of thiocarbonyl (C=S) groups is 1. The lowest BCUT2D eigenvalue weighted by atomic mass is 10.1. The van der Waals surface area contributed by atoms with Gasteiger partial charge in [-0.1, -0.05) is 54.3 Å². The van der Waals surface area contributed by atoms with E-state index in [4.69, 9.17) is 17.0 Å². The van der Waals surface area contributed by atoms with Crippen molar-refractivity contribution in [2.75, 3.05) is 22.6 Å². The molecule has 2 aliphatic heterocycles. The van der Waals surface area contributed by atoms with E-state index in [1.54, 1.807) is 6.07 Å². The number of benzene rings is 2. The first-order valence-corrected chi connectivity index (χ1v) is 12.6. The zero-order chi connectivity index (χ0) is 22.7. The van der Waals surface area contributed by atoms with E-state index in [2.05, 4.69) is 16.0 Å². The van der Waals surface area contributed by atoms with Crippen LogP contribution in [-0.4, -0.2) is 45.4 Å². The second kappa shape index (κ2) is 10.1. The van der Waals surface area contributed by atoms with Gasteiger partial charge in [0.2, 0.25) is 11.8 Å². The van der Waals surface area contributed by atoms with Crippen LogP contribution >= 0.6 is 35.7 Å². The molecule has 2 saturated heterocycles. The summed E-state index contributed by atoms with van der Waals surface area (Å²) >= 11 is 8.30. The number of aryl methyl sites for hydroxylation is 1. The van der Waals surface area contributed by atoms with Crippen LogP contribution in [0.15, 0.2) is 48.5 Å². The molecule has 4 rings (SSSR count). The lowest BCUT2D eigenvalue weighted by molar-refractivity contribution is -0.122. The molecular weight excluding hydrogens is 464 g/mol. The summed E-state index contributed by atoms with van der Waals surface area (Å²) in [7, 11) is 0. The van der Waals surface area contributed by atoms with Gasteiger partial charge in [-0.25, -0.2) is 0 Å². The molecule has 10 heteroatoms. The number of hydrogen-bond donors (Lipinski definition) is 3. The van der Waals surface area contributed by atoms with Crippen molar-refractivity contribution in [2.24, 2.45) is 0 Å². The van der Waals surface area contributed by atoms with Crippen LogP contribution in [0.5, 0.6) is 5.75 Å². The summed E-state index contributed by atoms with van der Waals surface area (Å²) in [5.41, 5.74) is 2.28. The number of fused-ring (bicyclic) bond motifs is 1. The fourth-order valence-electron chi connectivity index (χ4n) is 3.61. The smallest absolute Gasteiger partial charge is 0.238 e. The molecule has 2 aliphatic rings. The Bertz CT molecular complexity index is 1030. The quantitative estimate of drug-likeness (QED) is 0.512. The first-order chi connectivity index (χ1) is 15.5. The molecule has 168 valence electrons. The lowest BCUT2D eigenvalue weighted by Crippen LogP contribution is -2.64. The second-order valence-corrected chi connectivity index (χ2v) is 10.1. The van der Waals surface area contributed by atoms with Crippen LogP contribution < -0.4 is 25.6 Å². The van der Waals surface area contributed by atoms with E-state index in [1.165, 1.54) is 23.5 Å². The Morgan fingerprint density at radius 1 is 1.25 bits per heavy atom. The van der Waals surface area contributed by atoms with Crippen molar-refractivity contribution in [1.29, 1.82) is 0 Å². The van der Waals surface area contributed by atoms with Gasteiger partial charge >= 0.3 is 0 Å². The Kier molecular flexibility index (Phi) is 7.24. The number of ether oxygens (including phenoxy) is 1. The summed E-state index contributed by atoms with van der Waals surface area (Å²) in [5, 5.41) is 8.93. The Balaban J connectivity index is 1.41. The number of anilines is 2. The molecule has 2 heterocycles. The van der Waals surface area contributed by atoms with Crippen molar-refractivity contribution in [3.63, 3.8) is 0 Å². The van der Waals surface area contributed by atoms with Gasteiger partial charge in [0, 0.05) is 5.69 Å². The summed E-state index contributed by atoms with van der Waals surface area (Å²) in [5.74, 6) is 0.535. The van der Waals surface area contributed by atoms with E-state index in [0.29, 0.717) is 22.4 Å². The SMILES string of the molecule is CCOc1ccccc1NC(=O)CSC1NC(=O)C2SC(=S)N(c3ccccc3C)C2N1. The van der Waals surface area contributed by atoms with E-state index in [0.717, 1.165) is 11.3 Å². The minimum atomic E-state index is -0.412. The van der Waals surface area contributed by atoms with Gasteiger partial charge in [0.15, 0.2) is 0 Å². The molecule has 3 unspecified atom stereocenters. The molecule has 0 radical (unpaired) electrons. The highest BCUT2D eigenvalue weighted by Crippen LogP contribution is 2.38. The normalized spacial score (nSPS) is 22.3. The number of carbonyl (C=O) groups excluding carboxylic acids is 2. The van der Waals surface area contributed by atoms with Gasteiger partial charge in [-0.05, 0) is 37.6 Å². The third-order valence-corrected chi connectivity index (χ3v) is 7.69. The Morgan fingerprint density at radius 2 is 2.00 bits per heavy atom. The number of thioether (sulfide) groups is 2. The van der Waals surface area contributed by atoms with Crippen LogP contribution in [0.25, 0.3) is 0 Å². The number of para-hydroxylation sites is 3. The van der Waals surface area contributed by atoms with Crippen molar-refractivity contribution < 1.29 is 14.3 Å². The minimum absolute atomic E-state index is 0.0863. The standard InChI is InChI=1S/C22H24N4O3S3/c1-3-29-16-11-7-5-9-14(16)23-17(27)12-31-21-24-19-18(20(28)25-21)32-22(30)26(19)15-10-6-4-8-13(15)2/h4-11,18-19,21,24H,3,12H2,1-2H3,(H,23,27)(H,25,28). The van der Waals surface area contributed by atoms with Gasteiger partial charge < -0.3 is 20.3 Å². The Labute approximate surface area is 201 Å². The summed E-state index contributed by atoms with van der Waals surface area (Å²) in [6.45, 7) is 4.43. The van der Waals surface area contributed by atoms with E-state index in [1.807, 2.05) is 61.2 Å². The molecule has 2 aromatic carbocycles. The number of hydrogen-bond acceptors (Lipinski definition) is 7. The maximum absolute atomic E-state index is 12.8. The monoisotopic (exact) mass is 488 g/mol. The van der Waals surface area contributed by atoms with Gasteiger partial charge in [-0.2, -0.15) is 0 Å². The molecule has 3 N–H and O–H groups in total. The third kappa shape index (κ3) is 4.88. The van der Waals surface area contributed by atoms with Crippen molar-refractivity contribution in [3.8, 4) is 5.75 Å². The average Bonchev–Trinajstić information content (AvgIpc) is 3.11. The number of carbonyl (C=O) groups is 2. The van der Waals surface area contributed by atoms with E-state index >= 15 is 0 Å². The summed E-state index contributed by atoms with van der Waals surface area (Å²) in [6, 6.07) is 15.3. The molecular formula is C22H24N4O3S3. The van der Waals surface area contributed by atoms with Crippen LogP contribution in [0.1, 0.15) is 12.5 Å². The first kappa shape index (κ1) is 22.9. The summed E-state index contributed by atoms with van der Waals surface area (Å²) in [6.07, 6.45) is -0.276. The van der Waals surface area contributed by atoms with Crippen LogP contribution in [0.4, 0.5) is 11.4 Å². The molecule has 2 aromatic rings. The van der Waals surface area contributed by atoms with Crippen LogP contribution in [0, 0.1) is 6.92 Å². The van der Waals surface area contributed by atoms with Gasteiger partial charge in [0.1, 0.15) is 27.0 Å². The second-order valence-electron chi connectivity index (χ2n) is 7.25. The largest absolute Gasteiger partial charge is 0.492 e. The predicted octanol–water partition coefficient (Wildman–Crippen LogP) is 3.30. The molecule has 0 saturated carbocycles. The van der Waals surface area contributed by atoms with Crippen molar-refractivity contribution in [3.05, 3.63) is 54.1 Å². The summed E-state index contributed by atoms with van der Waals surface area (Å²) < 4.78 is 6.22. The Hall–Kier alpha value is -2.27. The van der Waals surface area contributed by atoms with Gasteiger partial charge in [-0.3, -0.25) is 14.9 Å². The summed E-state index contributed by atoms with van der Waals surface area (Å²) in [4.78, 5) is 27.3. The fraction of sp³-hybridized carbons (Fsp3) is 0.318. The van der Waals surface area contributed by atoms with Gasteiger partial charge in [0.05, 0.1) is 18.0 Å². The molecule has 32 heavy (non-hydrogen) atoms. The number of rotatable bonds is 7. The first-order valence-electron chi connectivity index (χ1n) is 10.2. The average molecular weight is 489 g/mol. The minimum Gasteiger partial charge on any atom is -0.492 e. The van der Waals surface area contributed by atoms with Crippen molar-refractivity contribution in [2.45, 2.75) is 30.8 Å². The van der Waals surface area contributed by atoms with Gasteiger partial charge in [0.25, 0.3) is 0 Å². The van der Waals surface area contributed by atoms with E-state index in [9.17, 15) is 9.59 Å². The van der Waals surface area contributed by atoms with Crippen molar-refractivity contribution >= 4 is 63.3 Å². The topological polar surface area (TPSA) is 82.7 Å². The lowest BCUT2D eigenvalue weighted by Gasteiger charge is -2.37. The molecule has 0 bridgehead atoms. The molecule has 2 amide bonds. The predicted molar refractivity (Wildman–Crippen MR) is 135 cm³/mol. The zero-order valence-corrected chi connectivity index (χ0v) is 20.1. The van der Waals surface area contributed by atoms with Crippen LogP contribution in [-0.2, 0) is 9.59 Å². The van der Waals surface area contributed by atoms with E-state index in [-0.39, 0.29) is 29.0 Å². The van der Waals surface area contributed by atoms with Crippen LogP contribution in [0.3, 0.4) is 0 Å². The molecule has 0 spiro atoms. The third-order valence-electron chi connectivity index (χ3n) is 5.06. The number of nitrogens with one attached hydrogen (secondary N) is 3. The molecule has 3 atom stereocenters. The highest BCUT2D eigenvalue weighted by atomic mass is 32.2. The zero-order valence-electron chi connectivity index (χ0n) is 17.7. The van der Waals surface area contributed by atoms with Gasteiger partial charge in [-0.15, -0.1) is 11.8 Å². The molecule has 2 fully saturated rings.